The van der Waals surface area contributed by atoms with Crippen LogP contribution in [0.25, 0.3) is 0 Å². The van der Waals surface area contributed by atoms with Crippen molar-refractivity contribution in [1.82, 2.24) is 0 Å². The van der Waals surface area contributed by atoms with Crippen LogP contribution in [-0.4, -0.2) is 17.8 Å². The lowest BCUT2D eigenvalue weighted by Crippen LogP contribution is -2.31. The molecule has 0 aliphatic rings. The number of hydrogen-bond acceptors (Lipinski definition) is 3. The Hall–Kier alpha value is -0.910. The van der Waals surface area contributed by atoms with Gasteiger partial charge in [-0.2, -0.15) is 8.78 Å². The monoisotopic (exact) mass is 295 g/mol. The van der Waals surface area contributed by atoms with E-state index in [1.165, 1.54) is 12.1 Å². The molecular formula is C13H20ClF2NO2. The van der Waals surface area contributed by atoms with Crippen molar-refractivity contribution in [3.8, 4) is 5.75 Å². The Balaban J connectivity index is 0.00000324. The molecule has 3 nitrogen and oxygen atoms in total. The number of alkyl halides is 2. The molecule has 0 saturated heterocycles. The van der Waals surface area contributed by atoms with Crippen LogP contribution in [0.2, 0.25) is 0 Å². The molecule has 0 bridgehead atoms. The maximum Gasteiger partial charge on any atom is 0.387 e. The lowest BCUT2D eigenvalue weighted by molar-refractivity contribution is -0.0498. The summed E-state index contributed by atoms with van der Waals surface area (Å²) >= 11 is 0. The molecule has 0 aromatic heterocycles. The molecule has 1 aromatic carbocycles. The molecule has 0 saturated carbocycles. The fourth-order valence-corrected chi connectivity index (χ4v) is 1.66. The first-order valence-electron chi connectivity index (χ1n) is 5.94. The summed E-state index contributed by atoms with van der Waals surface area (Å²) in [6.45, 7) is 1.05. The first kappa shape index (κ1) is 18.1. The molecule has 1 aromatic rings. The molecule has 0 heterocycles. The van der Waals surface area contributed by atoms with E-state index in [1.54, 1.807) is 12.1 Å². The van der Waals surface area contributed by atoms with Crippen LogP contribution in [0.4, 0.5) is 8.78 Å². The van der Waals surface area contributed by atoms with Gasteiger partial charge in [-0.3, -0.25) is 0 Å². The zero-order valence-corrected chi connectivity index (χ0v) is 11.7. The normalized spacial score (nSPS) is 15.5. The number of aliphatic hydroxyl groups is 1. The van der Waals surface area contributed by atoms with E-state index >= 15 is 0 Å². The summed E-state index contributed by atoms with van der Waals surface area (Å²) in [6, 6.07) is 5.50. The van der Waals surface area contributed by atoms with Crippen LogP contribution in [0.3, 0.4) is 0 Å². The smallest absolute Gasteiger partial charge is 0.387 e. The first-order valence-corrected chi connectivity index (χ1v) is 5.94. The molecular weight excluding hydrogens is 276 g/mol. The van der Waals surface area contributed by atoms with Gasteiger partial charge in [0.25, 0.3) is 0 Å². The van der Waals surface area contributed by atoms with Gasteiger partial charge in [-0.15, -0.1) is 12.4 Å². The van der Waals surface area contributed by atoms with Crippen molar-refractivity contribution in [1.29, 1.82) is 0 Å². The van der Waals surface area contributed by atoms with Crippen molar-refractivity contribution in [2.45, 2.75) is 39.0 Å². The van der Waals surface area contributed by atoms with Gasteiger partial charge in [-0.25, -0.2) is 0 Å². The van der Waals surface area contributed by atoms with Gasteiger partial charge in [0.05, 0.1) is 12.1 Å². The van der Waals surface area contributed by atoms with Gasteiger partial charge in [0.2, 0.25) is 0 Å². The molecule has 3 atom stereocenters. The Morgan fingerprint density at radius 1 is 1.26 bits per heavy atom. The summed E-state index contributed by atoms with van der Waals surface area (Å²) < 4.78 is 28.2. The Morgan fingerprint density at radius 3 is 2.21 bits per heavy atom. The fraction of sp³-hybridized carbons (Fsp3) is 0.538. The molecule has 1 unspecified atom stereocenters. The molecule has 19 heavy (non-hydrogen) atoms. The first-order chi connectivity index (χ1) is 8.45. The number of halogens is 3. The number of benzene rings is 1. The third kappa shape index (κ3) is 5.30. The molecule has 0 fully saturated rings. The number of nitrogens with two attached hydrogens (primary N) is 1. The van der Waals surface area contributed by atoms with Crippen LogP contribution >= 0.6 is 12.4 Å². The minimum Gasteiger partial charge on any atom is -0.435 e. The van der Waals surface area contributed by atoms with E-state index < -0.39 is 18.8 Å². The minimum absolute atomic E-state index is 0. The van der Waals surface area contributed by atoms with Crippen molar-refractivity contribution >= 4 is 12.4 Å². The topological polar surface area (TPSA) is 55.5 Å². The van der Waals surface area contributed by atoms with Crippen LogP contribution < -0.4 is 10.5 Å². The van der Waals surface area contributed by atoms with Crippen LogP contribution in [0.15, 0.2) is 24.3 Å². The molecule has 0 amide bonds. The van der Waals surface area contributed by atoms with Crippen molar-refractivity contribution in [2.75, 3.05) is 0 Å². The van der Waals surface area contributed by atoms with E-state index in [9.17, 15) is 13.9 Å². The molecule has 0 radical (unpaired) electrons. The largest absolute Gasteiger partial charge is 0.435 e. The zero-order chi connectivity index (χ0) is 13.7. The quantitative estimate of drug-likeness (QED) is 0.848. The van der Waals surface area contributed by atoms with E-state index in [0.29, 0.717) is 5.56 Å². The van der Waals surface area contributed by atoms with Crippen LogP contribution in [0.1, 0.15) is 31.9 Å². The van der Waals surface area contributed by atoms with E-state index in [4.69, 9.17) is 5.73 Å². The molecule has 1 rings (SSSR count). The maximum atomic E-state index is 12.0. The Bertz CT molecular complexity index is 362. The average Bonchev–Trinajstić information content (AvgIpc) is 2.36. The van der Waals surface area contributed by atoms with Gasteiger partial charge in [-0.1, -0.05) is 32.4 Å². The highest BCUT2D eigenvalue weighted by molar-refractivity contribution is 5.85. The second-order valence-electron chi connectivity index (χ2n) is 4.35. The van der Waals surface area contributed by atoms with Gasteiger partial charge >= 0.3 is 6.61 Å². The molecule has 6 heteroatoms. The zero-order valence-electron chi connectivity index (χ0n) is 10.9. The minimum atomic E-state index is -2.84. The lowest BCUT2D eigenvalue weighted by atomic mass is 9.92. The van der Waals surface area contributed by atoms with Crippen LogP contribution in [-0.2, 0) is 0 Å². The molecule has 3 N–H and O–H groups in total. The molecule has 0 aliphatic carbocycles. The average molecular weight is 296 g/mol. The number of ether oxygens (including phenoxy) is 1. The maximum absolute atomic E-state index is 12.0. The van der Waals surface area contributed by atoms with Crippen molar-refractivity contribution in [3.63, 3.8) is 0 Å². The second-order valence-corrected chi connectivity index (χ2v) is 4.35. The van der Waals surface area contributed by atoms with E-state index in [0.717, 1.165) is 6.42 Å². The Labute approximate surface area is 118 Å². The fourth-order valence-electron chi connectivity index (χ4n) is 1.66. The highest BCUT2D eigenvalue weighted by Gasteiger charge is 2.21. The third-order valence-electron chi connectivity index (χ3n) is 3.09. The molecule has 0 spiro atoms. The van der Waals surface area contributed by atoms with Crippen LogP contribution in [0, 0.1) is 5.92 Å². The Morgan fingerprint density at radius 2 is 1.79 bits per heavy atom. The summed E-state index contributed by atoms with van der Waals surface area (Å²) in [5.74, 6) is 0.163. The van der Waals surface area contributed by atoms with Gasteiger partial charge in [-0.05, 0) is 23.6 Å². The number of hydrogen-bond donors (Lipinski definition) is 2. The van der Waals surface area contributed by atoms with Crippen molar-refractivity contribution in [2.24, 2.45) is 11.7 Å². The molecule has 110 valence electrons. The highest BCUT2D eigenvalue weighted by atomic mass is 35.5. The van der Waals surface area contributed by atoms with E-state index in [1.807, 2.05) is 13.8 Å². The van der Waals surface area contributed by atoms with Crippen molar-refractivity contribution in [3.05, 3.63) is 29.8 Å². The third-order valence-corrected chi connectivity index (χ3v) is 3.09. The van der Waals surface area contributed by atoms with Gasteiger partial charge < -0.3 is 15.6 Å². The second kappa shape index (κ2) is 8.30. The Kier molecular flexibility index (Phi) is 7.90. The molecule has 0 aliphatic heterocycles. The summed E-state index contributed by atoms with van der Waals surface area (Å²) in [5, 5.41) is 9.98. The van der Waals surface area contributed by atoms with E-state index in [-0.39, 0.29) is 24.1 Å². The number of rotatable bonds is 6. The lowest BCUT2D eigenvalue weighted by Gasteiger charge is -2.24. The van der Waals surface area contributed by atoms with Crippen LogP contribution in [0.5, 0.6) is 5.75 Å². The number of aliphatic hydroxyl groups excluding tert-OH is 1. The van der Waals surface area contributed by atoms with Gasteiger partial charge in [0.1, 0.15) is 5.75 Å². The predicted molar refractivity (Wildman–Crippen MR) is 72.7 cm³/mol. The van der Waals surface area contributed by atoms with Crippen molar-refractivity contribution < 1.29 is 18.6 Å². The highest BCUT2D eigenvalue weighted by Crippen LogP contribution is 2.24. The summed E-state index contributed by atoms with van der Waals surface area (Å²) in [7, 11) is 0. The summed E-state index contributed by atoms with van der Waals surface area (Å²) in [6.07, 6.45) is 0.165. The standard InChI is InChI=1S/C13H19F2NO2.ClH/c1-3-8(2)12(17)11(16)9-4-6-10(7-5-9)18-13(14)15;/h4-8,11-13,17H,3,16H2,1-2H3;1H/t8?,11-,12+;/m1./s1. The van der Waals surface area contributed by atoms with Gasteiger partial charge in [0, 0.05) is 0 Å². The SMILES string of the molecule is CCC(C)[C@H](O)[C@H](N)c1ccc(OC(F)F)cc1.Cl. The predicted octanol–water partition coefficient (Wildman–Crippen LogP) is 3.12. The van der Waals surface area contributed by atoms with Gasteiger partial charge in [0.15, 0.2) is 0 Å². The summed E-state index contributed by atoms with van der Waals surface area (Å²) in [5.41, 5.74) is 6.63. The summed E-state index contributed by atoms with van der Waals surface area (Å²) in [4.78, 5) is 0. The van der Waals surface area contributed by atoms with E-state index in [2.05, 4.69) is 4.74 Å².